The molecule has 0 bridgehead atoms. The third-order valence-electron chi connectivity index (χ3n) is 4.30. The molecular weight excluding hydrogens is 330 g/mol. The molecule has 1 aromatic carbocycles. The molecule has 0 aliphatic carbocycles. The van der Waals surface area contributed by atoms with Crippen LogP contribution in [-0.4, -0.2) is 28.0 Å². The largest absolute Gasteiger partial charge is 0.497 e. The van der Waals surface area contributed by atoms with Gasteiger partial charge in [0, 0.05) is 6.20 Å². The van der Waals surface area contributed by atoms with Crippen LogP contribution in [-0.2, 0) is 0 Å². The standard InChI is InChI=1S/C19H19N5O2/c1-19(2,10-20)16(12-4-6-13(26-3)7-5-12)24-18(25)15-14-8-9-21-17(14)23-11-22-15/h4-9,11,16H,1-3H3,(H,24,25)(H,21,22,23)/t16-/m1/s1. The van der Waals surface area contributed by atoms with Crippen LogP contribution in [0.3, 0.4) is 0 Å². The minimum absolute atomic E-state index is 0.267. The second kappa shape index (κ2) is 6.84. The Balaban J connectivity index is 1.96. The van der Waals surface area contributed by atoms with Crippen molar-refractivity contribution in [3.8, 4) is 11.8 Å². The normalized spacial score (nSPS) is 12.4. The van der Waals surface area contributed by atoms with Crippen molar-refractivity contribution in [1.82, 2.24) is 20.3 Å². The first-order chi connectivity index (χ1) is 12.5. The topological polar surface area (TPSA) is 104 Å². The Morgan fingerprint density at radius 3 is 2.65 bits per heavy atom. The van der Waals surface area contributed by atoms with Crippen LogP contribution in [0.5, 0.6) is 5.75 Å². The molecule has 3 rings (SSSR count). The number of aromatic nitrogens is 3. The van der Waals surface area contributed by atoms with Gasteiger partial charge in [-0.3, -0.25) is 4.79 Å². The molecule has 0 unspecified atom stereocenters. The third kappa shape index (κ3) is 3.22. The lowest BCUT2D eigenvalue weighted by molar-refractivity contribution is 0.0909. The van der Waals surface area contributed by atoms with E-state index in [0.717, 1.165) is 5.56 Å². The lowest BCUT2D eigenvalue weighted by Crippen LogP contribution is -2.37. The van der Waals surface area contributed by atoms with Crippen molar-refractivity contribution in [1.29, 1.82) is 5.26 Å². The Labute approximate surface area is 151 Å². The van der Waals surface area contributed by atoms with Crippen molar-refractivity contribution >= 4 is 16.9 Å². The smallest absolute Gasteiger partial charge is 0.271 e. The van der Waals surface area contributed by atoms with Gasteiger partial charge >= 0.3 is 0 Å². The van der Waals surface area contributed by atoms with Crippen molar-refractivity contribution in [2.24, 2.45) is 5.41 Å². The van der Waals surface area contributed by atoms with Gasteiger partial charge in [0.2, 0.25) is 0 Å². The first-order valence-electron chi connectivity index (χ1n) is 8.10. The number of H-pyrrole nitrogens is 1. The number of hydrogen-bond acceptors (Lipinski definition) is 5. The molecule has 2 N–H and O–H groups in total. The average Bonchev–Trinajstić information content (AvgIpc) is 3.14. The molecule has 2 heterocycles. The molecule has 7 heteroatoms. The van der Waals surface area contributed by atoms with Gasteiger partial charge in [-0.2, -0.15) is 5.26 Å². The number of methoxy groups -OCH3 is 1. The van der Waals surface area contributed by atoms with Crippen molar-refractivity contribution < 1.29 is 9.53 Å². The summed E-state index contributed by atoms with van der Waals surface area (Å²) in [6, 6.07) is 10.8. The summed E-state index contributed by atoms with van der Waals surface area (Å²) < 4.78 is 5.18. The lowest BCUT2D eigenvalue weighted by atomic mass is 9.81. The van der Waals surface area contributed by atoms with E-state index >= 15 is 0 Å². The van der Waals surface area contributed by atoms with E-state index < -0.39 is 11.5 Å². The summed E-state index contributed by atoms with van der Waals surface area (Å²) in [5, 5.41) is 13.2. The maximum atomic E-state index is 12.9. The summed E-state index contributed by atoms with van der Waals surface area (Å²) in [6.07, 6.45) is 3.04. The number of aromatic amines is 1. The minimum Gasteiger partial charge on any atom is -0.497 e. The highest BCUT2D eigenvalue weighted by Crippen LogP contribution is 2.34. The average molecular weight is 349 g/mol. The van der Waals surface area contributed by atoms with Crippen molar-refractivity contribution in [2.45, 2.75) is 19.9 Å². The summed E-state index contributed by atoms with van der Waals surface area (Å²) in [5.74, 6) is 0.347. The van der Waals surface area contributed by atoms with E-state index in [1.54, 1.807) is 45.4 Å². The maximum absolute atomic E-state index is 12.9. The van der Waals surface area contributed by atoms with Gasteiger partial charge in [0.25, 0.3) is 5.91 Å². The summed E-state index contributed by atoms with van der Waals surface area (Å²) in [4.78, 5) is 24.0. The zero-order valence-corrected chi connectivity index (χ0v) is 14.8. The molecular formula is C19H19N5O2. The highest BCUT2D eigenvalue weighted by Gasteiger charge is 2.33. The van der Waals surface area contributed by atoms with Crippen LogP contribution in [0.2, 0.25) is 0 Å². The number of fused-ring (bicyclic) bond motifs is 1. The SMILES string of the molecule is COc1ccc([C@@H](NC(=O)c2ncnc3[nH]ccc23)C(C)(C)C#N)cc1. The van der Waals surface area contributed by atoms with E-state index in [0.29, 0.717) is 16.8 Å². The third-order valence-corrected chi connectivity index (χ3v) is 4.30. The number of rotatable bonds is 5. The number of hydrogen-bond donors (Lipinski definition) is 2. The second-order valence-electron chi connectivity index (χ2n) is 6.48. The molecule has 132 valence electrons. The Morgan fingerprint density at radius 2 is 2.00 bits per heavy atom. The van der Waals surface area contributed by atoms with Gasteiger partial charge in [0.05, 0.1) is 30.0 Å². The fourth-order valence-electron chi connectivity index (χ4n) is 2.79. The number of nitriles is 1. The highest BCUT2D eigenvalue weighted by molar-refractivity contribution is 6.03. The van der Waals surface area contributed by atoms with Gasteiger partial charge in [0.15, 0.2) is 0 Å². The van der Waals surface area contributed by atoms with E-state index in [1.807, 2.05) is 12.1 Å². The first-order valence-corrected chi connectivity index (χ1v) is 8.10. The number of nitrogens with one attached hydrogen (secondary N) is 2. The first kappa shape index (κ1) is 17.4. The molecule has 0 saturated carbocycles. The van der Waals surface area contributed by atoms with E-state index in [9.17, 15) is 10.1 Å². The van der Waals surface area contributed by atoms with Crippen LogP contribution in [0.4, 0.5) is 0 Å². The van der Waals surface area contributed by atoms with Crippen LogP contribution < -0.4 is 10.1 Å². The molecule has 0 saturated heterocycles. The fraction of sp³-hybridized carbons (Fsp3) is 0.263. The Kier molecular flexibility index (Phi) is 4.59. The van der Waals surface area contributed by atoms with E-state index in [1.165, 1.54) is 6.33 Å². The van der Waals surface area contributed by atoms with Gasteiger partial charge in [-0.1, -0.05) is 12.1 Å². The Bertz CT molecular complexity index is 970. The molecule has 3 aromatic rings. The van der Waals surface area contributed by atoms with Crippen molar-refractivity contribution in [3.63, 3.8) is 0 Å². The van der Waals surface area contributed by atoms with Gasteiger partial charge in [-0.25, -0.2) is 9.97 Å². The van der Waals surface area contributed by atoms with Crippen LogP contribution >= 0.6 is 0 Å². The quantitative estimate of drug-likeness (QED) is 0.737. The molecule has 7 nitrogen and oxygen atoms in total. The van der Waals surface area contributed by atoms with Gasteiger partial charge in [-0.15, -0.1) is 0 Å². The Morgan fingerprint density at radius 1 is 1.27 bits per heavy atom. The lowest BCUT2D eigenvalue weighted by Gasteiger charge is -2.29. The molecule has 0 radical (unpaired) electrons. The van der Waals surface area contributed by atoms with Crippen molar-refractivity contribution in [3.05, 3.63) is 54.1 Å². The number of benzene rings is 1. The zero-order chi connectivity index (χ0) is 18.7. The molecule has 0 spiro atoms. The summed E-state index contributed by atoms with van der Waals surface area (Å²) in [6.45, 7) is 3.57. The fourth-order valence-corrected chi connectivity index (χ4v) is 2.79. The summed E-state index contributed by atoms with van der Waals surface area (Å²) >= 11 is 0. The minimum atomic E-state index is -0.825. The summed E-state index contributed by atoms with van der Waals surface area (Å²) in [5.41, 5.74) is 0.841. The predicted octanol–water partition coefficient (Wildman–Crippen LogP) is 2.99. The van der Waals surface area contributed by atoms with E-state index in [-0.39, 0.29) is 11.6 Å². The highest BCUT2D eigenvalue weighted by atomic mass is 16.5. The zero-order valence-electron chi connectivity index (χ0n) is 14.8. The van der Waals surface area contributed by atoms with Crippen LogP contribution in [0.25, 0.3) is 11.0 Å². The molecule has 26 heavy (non-hydrogen) atoms. The van der Waals surface area contributed by atoms with E-state index in [2.05, 4.69) is 26.3 Å². The molecule has 0 aliphatic rings. The number of ether oxygens (including phenoxy) is 1. The van der Waals surface area contributed by atoms with Crippen molar-refractivity contribution in [2.75, 3.05) is 7.11 Å². The molecule has 0 fully saturated rings. The molecule has 2 aromatic heterocycles. The number of nitrogens with zero attached hydrogens (tertiary/aromatic N) is 3. The maximum Gasteiger partial charge on any atom is 0.271 e. The van der Waals surface area contributed by atoms with Gasteiger partial charge < -0.3 is 15.0 Å². The van der Waals surface area contributed by atoms with Crippen LogP contribution in [0.15, 0.2) is 42.9 Å². The van der Waals surface area contributed by atoms with Crippen LogP contribution in [0.1, 0.15) is 35.9 Å². The predicted molar refractivity (Wildman–Crippen MR) is 96.5 cm³/mol. The van der Waals surface area contributed by atoms with E-state index in [4.69, 9.17) is 4.74 Å². The summed E-state index contributed by atoms with van der Waals surface area (Å²) in [7, 11) is 1.59. The number of carbonyl (C=O) groups is 1. The van der Waals surface area contributed by atoms with Crippen LogP contribution in [0, 0.1) is 16.7 Å². The number of carbonyl (C=O) groups excluding carboxylic acids is 1. The second-order valence-corrected chi connectivity index (χ2v) is 6.48. The number of amides is 1. The Hall–Kier alpha value is -3.40. The molecule has 0 aliphatic heterocycles. The van der Waals surface area contributed by atoms with Gasteiger partial charge in [-0.05, 0) is 37.6 Å². The van der Waals surface area contributed by atoms with Gasteiger partial charge in [0.1, 0.15) is 23.4 Å². The monoisotopic (exact) mass is 349 g/mol. The molecule has 1 amide bonds. The molecule has 1 atom stereocenters.